The van der Waals surface area contributed by atoms with Crippen LogP contribution in [0.25, 0.3) is 11.1 Å². The summed E-state index contributed by atoms with van der Waals surface area (Å²) in [6.45, 7) is 3.19. The number of rotatable bonds is 1. The molecule has 0 saturated heterocycles. The van der Waals surface area contributed by atoms with Crippen LogP contribution in [-0.2, 0) is 6.42 Å². The van der Waals surface area contributed by atoms with Gasteiger partial charge in [0.25, 0.3) is 0 Å². The predicted octanol–water partition coefficient (Wildman–Crippen LogP) is 4.39. The first-order valence-corrected chi connectivity index (χ1v) is 6.67. The molecule has 1 N–H and O–H groups in total. The van der Waals surface area contributed by atoms with Gasteiger partial charge in [-0.3, -0.25) is 0 Å². The monoisotopic (exact) mass is 287 g/mol. The lowest BCUT2D eigenvalue weighted by Gasteiger charge is -2.09. The first-order chi connectivity index (χ1) is 8.25. The number of nitrogens with one attached hydrogen (secondary N) is 1. The SMILES string of the molecule is Cc1cc(-c2cccc3c2CCN3)ccc1Br. The van der Waals surface area contributed by atoms with E-state index >= 15 is 0 Å². The van der Waals surface area contributed by atoms with Gasteiger partial charge in [-0.05, 0) is 47.7 Å². The number of aryl methyl sites for hydroxylation is 1. The minimum absolute atomic E-state index is 1.06. The molecule has 2 aromatic carbocycles. The Morgan fingerprint density at radius 3 is 2.88 bits per heavy atom. The van der Waals surface area contributed by atoms with Gasteiger partial charge in [-0.2, -0.15) is 0 Å². The fourth-order valence-corrected chi connectivity index (χ4v) is 2.67. The smallest absolute Gasteiger partial charge is 0.0379 e. The molecule has 0 aliphatic carbocycles. The van der Waals surface area contributed by atoms with Gasteiger partial charge in [0.15, 0.2) is 0 Å². The number of anilines is 1. The lowest BCUT2D eigenvalue weighted by atomic mass is 9.97. The van der Waals surface area contributed by atoms with Crippen molar-refractivity contribution in [3.05, 3.63) is 52.0 Å². The maximum Gasteiger partial charge on any atom is 0.0379 e. The van der Waals surface area contributed by atoms with Gasteiger partial charge in [-0.1, -0.05) is 40.2 Å². The van der Waals surface area contributed by atoms with Crippen LogP contribution in [-0.4, -0.2) is 6.54 Å². The molecule has 1 nitrogen and oxygen atoms in total. The maximum absolute atomic E-state index is 3.55. The van der Waals surface area contributed by atoms with Crippen molar-refractivity contribution in [2.45, 2.75) is 13.3 Å². The molecule has 2 aromatic rings. The number of hydrogen-bond acceptors (Lipinski definition) is 1. The zero-order chi connectivity index (χ0) is 11.8. The molecular weight excluding hydrogens is 274 g/mol. The third-order valence-electron chi connectivity index (χ3n) is 3.34. The van der Waals surface area contributed by atoms with E-state index < -0.39 is 0 Å². The minimum atomic E-state index is 1.06. The Morgan fingerprint density at radius 2 is 2.06 bits per heavy atom. The molecule has 0 spiro atoms. The average molecular weight is 288 g/mol. The van der Waals surface area contributed by atoms with E-state index in [0.717, 1.165) is 13.0 Å². The zero-order valence-corrected chi connectivity index (χ0v) is 11.3. The lowest BCUT2D eigenvalue weighted by Crippen LogP contribution is -1.90. The molecular formula is C15H14BrN. The van der Waals surface area contributed by atoms with Crippen LogP contribution in [0.1, 0.15) is 11.1 Å². The number of halogens is 1. The van der Waals surface area contributed by atoms with Crippen molar-refractivity contribution in [2.24, 2.45) is 0 Å². The minimum Gasteiger partial charge on any atom is -0.384 e. The summed E-state index contributed by atoms with van der Waals surface area (Å²) in [5.41, 5.74) is 6.71. The van der Waals surface area contributed by atoms with Gasteiger partial charge >= 0.3 is 0 Å². The first kappa shape index (κ1) is 10.8. The Morgan fingerprint density at radius 1 is 1.18 bits per heavy atom. The van der Waals surface area contributed by atoms with Crippen LogP contribution in [0.5, 0.6) is 0 Å². The molecule has 86 valence electrons. The van der Waals surface area contributed by atoms with Crippen LogP contribution in [0.2, 0.25) is 0 Å². The van der Waals surface area contributed by atoms with Crippen LogP contribution >= 0.6 is 15.9 Å². The highest BCUT2D eigenvalue weighted by Crippen LogP contribution is 2.34. The molecule has 0 aromatic heterocycles. The highest BCUT2D eigenvalue weighted by Gasteiger charge is 2.14. The summed E-state index contributed by atoms with van der Waals surface area (Å²) in [7, 11) is 0. The van der Waals surface area contributed by atoms with E-state index in [4.69, 9.17) is 0 Å². The van der Waals surface area contributed by atoms with Gasteiger partial charge in [0.05, 0.1) is 0 Å². The van der Waals surface area contributed by atoms with E-state index in [0.29, 0.717) is 0 Å². The lowest BCUT2D eigenvalue weighted by molar-refractivity contribution is 1.11. The summed E-state index contributed by atoms with van der Waals surface area (Å²) in [4.78, 5) is 0. The largest absolute Gasteiger partial charge is 0.384 e. The molecule has 0 saturated carbocycles. The van der Waals surface area contributed by atoms with Crippen LogP contribution in [0.15, 0.2) is 40.9 Å². The molecule has 0 radical (unpaired) electrons. The topological polar surface area (TPSA) is 12.0 Å². The molecule has 17 heavy (non-hydrogen) atoms. The molecule has 0 fully saturated rings. The fraction of sp³-hybridized carbons (Fsp3) is 0.200. The fourth-order valence-electron chi connectivity index (χ4n) is 2.43. The quantitative estimate of drug-likeness (QED) is 0.820. The molecule has 1 heterocycles. The highest BCUT2D eigenvalue weighted by molar-refractivity contribution is 9.10. The second-order valence-electron chi connectivity index (χ2n) is 4.47. The summed E-state index contributed by atoms with van der Waals surface area (Å²) in [5, 5.41) is 3.43. The van der Waals surface area contributed by atoms with Gasteiger partial charge in [0, 0.05) is 16.7 Å². The van der Waals surface area contributed by atoms with Gasteiger partial charge in [0.2, 0.25) is 0 Å². The van der Waals surface area contributed by atoms with E-state index in [1.54, 1.807) is 0 Å². The number of fused-ring (bicyclic) bond motifs is 1. The van der Waals surface area contributed by atoms with Crippen LogP contribution in [0.3, 0.4) is 0 Å². The van der Waals surface area contributed by atoms with Crippen molar-refractivity contribution < 1.29 is 0 Å². The molecule has 0 atom stereocenters. The Kier molecular flexibility index (Phi) is 2.67. The van der Waals surface area contributed by atoms with Crippen LogP contribution in [0.4, 0.5) is 5.69 Å². The highest BCUT2D eigenvalue weighted by atomic mass is 79.9. The molecule has 2 heteroatoms. The molecule has 0 bridgehead atoms. The second kappa shape index (κ2) is 4.19. The number of hydrogen-bond donors (Lipinski definition) is 1. The average Bonchev–Trinajstić information content (AvgIpc) is 2.80. The summed E-state index contributed by atoms with van der Waals surface area (Å²) in [5.74, 6) is 0. The number of benzene rings is 2. The van der Waals surface area contributed by atoms with Gasteiger partial charge in [-0.15, -0.1) is 0 Å². The standard InChI is InChI=1S/C15H14BrN/c1-10-9-11(5-6-14(10)16)12-3-2-4-15-13(12)7-8-17-15/h2-6,9,17H,7-8H2,1H3. The normalized spacial score (nSPS) is 13.3. The summed E-state index contributed by atoms with van der Waals surface area (Å²) < 4.78 is 1.17. The summed E-state index contributed by atoms with van der Waals surface area (Å²) in [6, 6.07) is 13.1. The van der Waals surface area contributed by atoms with Crippen molar-refractivity contribution in [1.29, 1.82) is 0 Å². The molecule has 3 rings (SSSR count). The predicted molar refractivity (Wildman–Crippen MR) is 76.5 cm³/mol. The van der Waals surface area contributed by atoms with Crippen molar-refractivity contribution >= 4 is 21.6 Å². The van der Waals surface area contributed by atoms with E-state index in [2.05, 4.69) is 64.6 Å². The van der Waals surface area contributed by atoms with Crippen molar-refractivity contribution in [3.63, 3.8) is 0 Å². The van der Waals surface area contributed by atoms with Crippen LogP contribution in [0, 0.1) is 6.92 Å². The Labute approximate surface area is 110 Å². The first-order valence-electron chi connectivity index (χ1n) is 5.88. The molecule has 0 unspecified atom stereocenters. The van der Waals surface area contributed by atoms with Gasteiger partial charge in [-0.25, -0.2) is 0 Å². The van der Waals surface area contributed by atoms with Crippen molar-refractivity contribution in [1.82, 2.24) is 0 Å². The Bertz CT molecular complexity index is 575. The van der Waals surface area contributed by atoms with Crippen LogP contribution < -0.4 is 5.32 Å². The maximum atomic E-state index is 3.55. The molecule has 1 aliphatic rings. The Hall–Kier alpha value is -1.28. The van der Waals surface area contributed by atoms with Gasteiger partial charge in [0.1, 0.15) is 0 Å². The third-order valence-corrected chi connectivity index (χ3v) is 4.23. The van der Waals surface area contributed by atoms with Crippen molar-refractivity contribution in [2.75, 3.05) is 11.9 Å². The van der Waals surface area contributed by atoms with E-state index in [1.807, 2.05) is 0 Å². The van der Waals surface area contributed by atoms with E-state index in [9.17, 15) is 0 Å². The van der Waals surface area contributed by atoms with Crippen molar-refractivity contribution in [3.8, 4) is 11.1 Å². The zero-order valence-electron chi connectivity index (χ0n) is 9.76. The van der Waals surface area contributed by atoms with E-state index in [1.165, 1.54) is 32.4 Å². The third kappa shape index (κ3) is 1.87. The van der Waals surface area contributed by atoms with Gasteiger partial charge < -0.3 is 5.32 Å². The molecule has 0 amide bonds. The summed E-state index contributed by atoms with van der Waals surface area (Å²) in [6.07, 6.45) is 1.13. The summed E-state index contributed by atoms with van der Waals surface area (Å²) >= 11 is 3.55. The van der Waals surface area contributed by atoms with E-state index in [-0.39, 0.29) is 0 Å². The molecule has 1 aliphatic heterocycles. The second-order valence-corrected chi connectivity index (χ2v) is 5.33. The Balaban J connectivity index is 2.15.